The third kappa shape index (κ3) is 3.29. The van der Waals surface area contributed by atoms with Crippen LogP contribution < -0.4 is 0 Å². The first-order chi connectivity index (χ1) is 16.6. The number of H-pyrrole nitrogens is 2. The lowest BCUT2D eigenvalue weighted by Gasteiger charge is -2.03. The molecule has 6 rings (SSSR count). The van der Waals surface area contributed by atoms with Crippen LogP contribution in [0, 0.1) is 11.6 Å². The molecule has 0 radical (unpaired) electrons. The fourth-order valence-electron chi connectivity index (χ4n) is 3.99. The number of benzene rings is 2. The maximum atomic E-state index is 15.7. The van der Waals surface area contributed by atoms with Gasteiger partial charge in [0.25, 0.3) is 0 Å². The van der Waals surface area contributed by atoms with E-state index < -0.39 is 5.82 Å². The van der Waals surface area contributed by atoms with Gasteiger partial charge >= 0.3 is 0 Å². The highest BCUT2D eigenvalue weighted by atomic mass is 19.1. The van der Waals surface area contributed by atoms with Crippen LogP contribution in [0.25, 0.3) is 50.2 Å². The molecule has 0 unspecified atom stereocenters. The van der Waals surface area contributed by atoms with Gasteiger partial charge in [-0.05, 0) is 30.7 Å². The third-order valence-corrected chi connectivity index (χ3v) is 5.67. The molecule has 1 aliphatic heterocycles. The molecule has 34 heavy (non-hydrogen) atoms. The van der Waals surface area contributed by atoms with E-state index in [1.54, 1.807) is 30.8 Å². The van der Waals surface area contributed by atoms with Crippen molar-refractivity contribution in [3.63, 3.8) is 0 Å². The van der Waals surface area contributed by atoms with Crippen LogP contribution in [0.15, 0.2) is 64.8 Å². The van der Waals surface area contributed by atoms with Gasteiger partial charge in [-0.25, -0.2) is 13.8 Å². The summed E-state index contributed by atoms with van der Waals surface area (Å²) in [5.41, 5.74) is 4.46. The Morgan fingerprint density at radius 3 is 2.68 bits per heavy atom. The molecule has 0 spiro atoms. The van der Waals surface area contributed by atoms with Crippen molar-refractivity contribution in [2.75, 3.05) is 0 Å². The molecule has 0 saturated carbocycles. The zero-order valence-corrected chi connectivity index (χ0v) is 17.9. The summed E-state index contributed by atoms with van der Waals surface area (Å²) in [7, 11) is 0. The Kier molecular flexibility index (Phi) is 4.61. The van der Waals surface area contributed by atoms with E-state index in [4.69, 9.17) is 4.98 Å². The number of rotatable bonds is 3. The molecule has 2 aromatic carbocycles. The predicted octanol–water partition coefficient (Wildman–Crippen LogP) is 5.33. The SMILES string of the molecule is C[C@H]1C=NC=C(c2ncc3[nH]nc(-c4nc5c(-c6ccc(F)cc6)cccc5[nH]4)c3c2F)C=N1. The standard InChI is InChI=1S/C25H17F2N7/c1-13-9-28-10-15(11-29-13)22-21(27)20-19(12-30-22)33-34-24(20)25-31-18-4-2-3-17(23(18)32-25)14-5-7-16(26)8-6-14/h2-13H,1H3,(H,31,32)(H,33,34)/t13-/m0/s1. The fraction of sp³-hybridized carbons (Fsp3) is 0.0800. The number of halogens is 2. The van der Waals surface area contributed by atoms with E-state index in [1.807, 2.05) is 25.1 Å². The molecule has 0 fully saturated rings. The van der Waals surface area contributed by atoms with Crippen LogP contribution in [-0.2, 0) is 0 Å². The Bertz CT molecular complexity index is 1640. The van der Waals surface area contributed by atoms with Crippen molar-refractivity contribution in [2.24, 2.45) is 9.98 Å². The molecule has 7 nitrogen and oxygen atoms in total. The zero-order chi connectivity index (χ0) is 23.2. The lowest BCUT2D eigenvalue weighted by Crippen LogP contribution is -1.99. The van der Waals surface area contributed by atoms with Crippen molar-refractivity contribution in [2.45, 2.75) is 13.0 Å². The van der Waals surface area contributed by atoms with Gasteiger partial charge < -0.3 is 4.98 Å². The first kappa shape index (κ1) is 20.1. The average Bonchev–Trinajstić information content (AvgIpc) is 3.41. The number of para-hydroxylation sites is 1. The normalized spacial score (nSPS) is 15.7. The largest absolute Gasteiger partial charge is 0.337 e. The summed E-state index contributed by atoms with van der Waals surface area (Å²) in [6.07, 6.45) is 6.32. The molecule has 0 saturated heterocycles. The number of aliphatic imine (C=N–C) groups is 2. The number of pyridine rings is 1. The van der Waals surface area contributed by atoms with Gasteiger partial charge in [0.15, 0.2) is 11.6 Å². The van der Waals surface area contributed by atoms with E-state index in [0.717, 1.165) is 16.6 Å². The predicted molar refractivity (Wildman–Crippen MR) is 129 cm³/mol. The van der Waals surface area contributed by atoms with E-state index in [1.165, 1.54) is 18.3 Å². The molecule has 5 aromatic rings. The van der Waals surface area contributed by atoms with Crippen molar-refractivity contribution in [3.8, 4) is 22.6 Å². The molecular formula is C25H17F2N7. The fourth-order valence-corrected chi connectivity index (χ4v) is 3.99. The number of aromatic nitrogens is 5. The highest BCUT2D eigenvalue weighted by Crippen LogP contribution is 2.33. The maximum absolute atomic E-state index is 15.7. The molecule has 2 N–H and O–H groups in total. The summed E-state index contributed by atoms with van der Waals surface area (Å²) in [6, 6.07) is 11.8. The van der Waals surface area contributed by atoms with Crippen LogP contribution in [0.2, 0.25) is 0 Å². The molecule has 1 atom stereocenters. The monoisotopic (exact) mass is 453 g/mol. The highest BCUT2D eigenvalue weighted by molar-refractivity contribution is 6.11. The van der Waals surface area contributed by atoms with Gasteiger partial charge in [-0.2, -0.15) is 5.10 Å². The number of nitrogens with one attached hydrogen (secondary N) is 2. The van der Waals surface area contributed by atoms with Gasteiger partial charge in [-0.15, -0.1) is 0 Å². The summed E-state index contributed by atoms with van der Waals surface area (Å²) in [4.78, 5) is 20.7. The molecule has 4 heterocycles. The summed E-state index contributed by atoms with van der Waals surface area (Å²) >= 11 is 0. The Hall–Kier alpha value is -4.53. The van der Waals surface area contributed by atoms with E-state index in [2.05, 4.69) is 30.2 Å². The van der Waals surface area contributed by atoms with Crippen molar-refractivity contribution >= 4 is 39.9 Å². The van der Waals surface area contributed by atoms with Crippen LogP contribution >= 0.6 is 0 Å². The minimum Gasteiger partial charge on any atom is -0.337 e. The van der Waals surface area contributed by atoms with Gasteiger partial charge in [0.2, 0.25) is 0 Å². The van der Waals surface area contributed by atoms with E-state index in [0.29, 0.717) is 28.1 Å². The van der Waals surface area contributed by atoms with Crippen LogP contribution in [0.1, 0.15) is 12.6 Å². The summed E-state index contributed by atoms with van der Waals surface area (Å²) in [6.45, 7) is 1.89. The summed E-state index contributed by atoms with van der Waals surface area (Å²) in [5.74, 6) is -0.444. The lowest BCUT2D eigenvalue weighted by atomic mass is 10.0. The van der Waals surface area contributed by atoms with Gasteiger partial charge in [0.05, 0.1) is 34.2 Å². The van der Waals surface area contributed by atoms with Crippen LogP contribution in [-0.4, -0.2) is 43.6 Å². The Morgan fingerprint density at radius 1 is 0.971 bits per heavy atom. The van der Waals surface area contributed by atoms with Crippen molar-refractivity contribution < 1.29 is 8.78 Å². The third-order valence-electron chi connectivity index (χ3n) is 5.67. The van der Waals surface area contributed by atoms with E-state index in [-0.39, 0.29) is 22.9 Å². The molecule has 0 aliphatic carbocycles. The zero-order valence-electron chi connectivity index (χ0n) is 17.9. The summed E-state index contributed by atoms with van der Waals surface area (Å²) < 4.78 is 29.2. The average molecular weight is 453 g/mol. The molecule has 3 aromatic heterocycles. The Balaban J connectivity index is 1.51. The Labute approximate surface area is 192 Å². The first-order valence-electron chi connectivity index (χ1n) is 10.6. The molecule has 1 aliphatic rings. The minimum absolute atomic E-state index is 0.101. The first-order valence-corrected chi connectivity index (χ1v) is 10.6. The smallest absolute Gasteiger partial charge is 0.161 e. The van der Waals surface area contributed by atoms with Crippen LogP contribution in [0.3, 0.4) is 0 Å². The molecule has 166 valence electrons. The van der Waals surface area contributed by atoms with Crippen molar-refractivity contribution in [1.29, 1.82) is 0 Å². The second kappa shape index (κ2) is 7.80. The van der Waals surface area contributed by atoms with E-state index >= 15 is 4.39 Å². The topological polar surface area (TPSA) is 95.0 Å². The maximum Gasteiger partial charge on any atom is 0.161 e. The Morgan fingerprint density at radius 2 is 1.82 bits per heavy atom. The number of hydrogen-bond donors (Lipinski definition) is 2. The lowest BCUT2D eigenvalue weighted by molar-refractivity contribution is 0.628. The second-order valence-electron chi connectivity index (χ2n) is 7.98. The minimum atomic E-state index is -0.539. The van der Waals surface area contributed by atoms with Crippen molar-refractivity contribution in [1.82, 2.24) is 25.1 Å². The number of allylic oxidation sites excluding steroid dienone is 1. The van der Waals surface area contributed by atoms with Gasteiger partial charge in [-0.1, -0.05) is 24.3 Å². The number of nitrogens with zero attached hydrogens (tertiary/aromatic N) is 5. The highest BCUT2D eigenvalue weighted by Gasteiger charge is 2.21. The van der Waals surface area contributed by atoms with Crippen LogP contribution in [0.4, 0.5) is 8.78 Å². The molecular weight excluding hydrogens is 436 g/mol. The van der Waals surface area contributed by atoms with Gasteiger partial charge in [0.1, 0.15) is 17.2 Å². The summed E-state index contributed by atoms with van der Waals surface area (Å²) in [5, 5.41) is 7.43. The quantitative estimate of drug-likeness (QED) is 0.386. The second-order valence-corrected chi connectivity index (χ2v) is 7.98. The van der Waals surface area contributed by atoms with Gasteiger partial charge in [-0.3, -0.25) is 20.1 Å². The number of hydrogen-bond acceptors (Lipinski definition) is 5. The number of fused-ring (bicyclic) bond motifs is 2. The molecule has 9 heteroatoms. The van der Waals surface area contributed by atoms with Crippen LogP contribution in [0.5, 0.6) is 0 Å². The van der Waals surface area contributed by atoms with Gasteiger partial charge in [0, 0.05) is 29.8 Å². The number of aromatic amines is 2. The molecule has 0 bridgehead atoms. The van der Waals surface area contributed by atoms with E-state index in [9.17, 15) is 4.39 Å². The number of imidazole rings is 1. The molecule has 0 amide bonds. The van der Waals surface area contributed by atoms with Crippen molar-refractivity contribution in [3.05, 3.63) is 72.2 Å².